The molecule has 0 spiro atoms. The number of morpholine rings is 1. The molecule has 0 radical (unpaired) electrons. The first-order valence-corrected chi connectivity index (χ1v) is 8.16. The van der Waals surface area contributed by atoms with Crippen LogP contribution in [0.15, 0.2) is 24.3 Å². The van der Waals surface area contributed by atoms with Gasteiger partial charge in [0, 0.05) is 18.7 Å². The van der Waals surface area contributed by atoms with E-state index in [0.717, 1.165) is 38.2 Å². The highest BCUT2D eigenvalue weighted by atomic mass is 16.5. The molecule has 0 aliphatic carbocycles. The number of hydrogen-bond donors (Lipinski definition) is 0. The van der Waals surface area contributed by atoms with Crippen LogP contribution in [0, 0.1) is 0 Å². The van der Waals surface area contributed by atoms with Crippen LogP contribution in [0.25, 0.3) is 0 Å². The number of carbonyl (C=O) groups is 1. The summed E-state index contributed by atoms with van der Waals surface area (Å²) < 4.78 is 11.5. The quantitative estimate of drug-likeness (QED) is 0.573. The lowest BCUT2D eigenvalue weighted by molar-refractivity contribution is -0.0682. The molecule has 4 heteroatoms. The largest absolute Gasteiger partial charge is 0.494 e. The van der Waals surface area contributed by atoms with E-state index in [-0.39, 0.29) is 5.78 Å². The van der Waals surface area contributed by atoms with Gasteiger partial charge < -0.3 is 9.47 Å². The van der Waals surface area contributed by atoms with Crippen LogP contribution in [0.3, 0.4) is 0 Å². The first-order valence-electron chi connectivity index (χ1n) is 8.16. The first-order chi connectivity index (χ1) is 10.5. The van der Waals surface area contributed by atoms with Crippen molar-refractivity contribution in [2.75, 3.05) is 26.2 Å². The molecule has 2 unspecified atom stereocenters. The predicted molar refractivity (Wildman–Crippen MR) is 87.6 cm³/mol. The summed E-state index contributed by atoms with van der Waals surface area (Å²) in [4.78, 5) is 13.8. The minimum absolute atomic E-state index is 0.0704. The molecule has 1 heterocycles. The first kappa shape index (κ1) is 17.0. The number of rotatable bonds is 7. The molecule has 0 bridgehead atoms. The lowest BCUT2D eigenvalue weighted by Crippen LogP contribution is -2.45. The van der Waals surface area contributed by atoms with Gasteiger partial charge in [-0.15, -0.1) is 0 Å². The molecule has 0 saturated carbocycles. The number of unbranched alkanes of at least 4 members (excludes halogenated alkanes) is 1. The third kappa shape index (κ3) is 5.43. The molecule has 2 rings (SSSR count). The van der Waals surface area contributed by atoms with Crippen molar-refractivity contribution in [1.82, 2.24) is 4.90 Å². The summed E-state index contributed by atoms with van der Waals surface area (Å²) in [6, 6.07) is 7.39. The van der Waals surface area contributed by atoms with Crippen molar-refractivity contribution in [1.29, 1.82) is 0 Å². The van der Waals surface area contributed by atoms with Gasteiger partial charge in [0.25, 0.3) is 0 Å². The Morgan fingerprint density at radius 1 is 1.27 bits per heavy atom. The zero-order chi connectivity index (χ0) is 15.9. The molecule has 1 aliphatic heterocycles. The molecular weight excluding hydrogens is 278 g/mol. The van der Waals surface area contributed by atoms with Crippen LogP contribution in [0.5, 0.6) is 5.75 Å². The summed E-state index contributed by atoms with van der Waals surface area (Å²) in [5, 5.41) is 0. The second-order valence-corrected chi connectivity index (χ2v) is 6.16. The van der Waals surface area contributed by atoms with E-state index in [2.05, 4.69) is 18.7 Å². The lowest BCUT2D eigenvalue weighted by atomic mass is 10.1. The van der Waals surface area contributed by atoms with Crippen LogP contribution in [0.4, 0.5) is 0 Å². The van der Waals surface area contributed by atoms with E-state index in [1.165, 1.54) is 0 Å². The summed E-state index contributed by atoms with van der Waals surface area (Å²) in [7, 11) is 0. The highest BCUT2D eigenvalue weighted by molar-refractivity contribution is 5.94. The average molecular weight is 305 g/mol. The van der Waals surface area contributed by atoms with Crippen molar-refractivity contribution < 1.29 is 14.3 Å². The monoisotopic (exact) mass is 305 g/mol. The summed E-state index contributed by atoms with van der Waals surface area (Å²) in [5.41, 5.74) is 0.703. The van der Waals surface area contributed by atoms with E-state index >= 15 is 0 Å². The minimum Gasteiger partial charge on any atom is -0.494 e. The van der Waals surface area contributed by atoms with Gasteiger partial charge in [0.1, 0.15) is 5.75 Å². The van der Waals surface area contributed by atoms with E-state index in [0.29, 0.717) is 24.4 Å². The second-order valence-electron chi connectivity index (χ2n) is 6.16. The maximum Gasteiger partial charge on any atom is 0.159 e. The zero-order valence-electron chi connectivity index (χ0n) is 13.9. The van der Waals surface area contributed by atoms with Crippen molar-refractivity contribution in [2.45, 2.75) is 45.8 Å². The van der Waals surface area contributed by atoms with Gasteiger partial charge in [-0.25, -0.2) is 0 Å². The normalized spacial score (nSPS) is 22.5. The van der Waals surface area contributed by atoms with Gasteiger partial charge in [-0.2, -0.15) is 0 Å². The Hall–Kier alpha value is -1.39. The Kier molecular flexibility index (Phi) is 6.40. The fourth-order valence-electron chi connectivity index (χ4n) is 2.90. The number of hydrogen-bond acceptors (Lipinski definition) is 4. The van der Waals surface area contributed by atoms with E-state index in [1.54, 1.807) is 6.92 Å². The minimum atomic E-state index is 0.0704. The highest BCUT2D eigenvalue weighted by Crippen LogP contribution is 2.15. The third-order valence-electron chi connectivity index (χ3n) is 3.87. The molecular formula is C18H27NO3. The SMILES string of the molecule is CC(=O)c1cccc(OCCCCN2CC(C)OC(C)C2)c1. The zero-order valence-corrected chi connectivity index (χ0v) is 13.9. The number of ether oxygens (including phenoxy) is 2. The molecule has 2 atom stereocenters. The molecule has 0 N–H and O–H groups in total. The molecule has 1 aliphatic rings. The van der Waals surface area contributed by atoms with E-state index in [9.17, 15) is 4.79 Å². The Morgan fingerprint density at radius 2 is 2.00 bits per heavy atom. The van der Waals surface area contributed by atoms with Crippen LogP contribution < -0.4 is 4.74 Å². The summed E-state index contributed by atoms with van der Waals surface area (Å²) in [6.45, 7) is 9.66. The smallest absolute Gasteiger partial charge is 0.159 e. The van der Waals surface area contributed by atoms with Gasteiger partial charge in [0.05, 0.1) is 18.8 Å². The Balaban J connectivity index is 1.65. The van der Waals surface area contributed by atoms with Crippen LogP contribution in [0.1, 0.15) is 44.0 Å². The van der Waals surface area contributed by atoms with E-state index in [1.807, 2.05) is 24.3 Å². The van der Waals surface area contributed by atoms with Crippen molar-refractivity contribution in [3.8, 4) is 5.75 Å². The molecule has 0 aromatic heterocycles. The number of carbonyl (C=O) groups excluding carboxylic acids is 1. The van der Waals surface area contributed by atoms with Gasteiger partial charge in [-0.3, -0.25) is 9.69 Å². The predicted octanol–water partition coefficient (Wildman–Crippen LogP) is 3.16. The lowest BCUT2D eigenvalue weighted by Gasteiger charge is -2.35. The Labute approximate surface area is 133 Å². The molecule has 122 valence electrons. The maximum absolute atomic E-state index is 11.3. The van der Waals surface area contributed by atoms with Gasteiger partial charge >= 0.3 is 0 Å². The Morgan fingerprint density at radius 3 is 2.68 bits per heavy atom. The molecule has 22 heavy (non-hydrogen) atoms. The summed E-state index contributed by atoms with van der Waals surface area (Å²) in [5.74, 6) is 0.849. The average Bonchev–Trinajstić information content (AvgIpc) is 2.46. The van der Waals surface area contributed by atoms with Crippen LogP contribution in [0.2, 0.25) is 0 Å². The molecule has 1 aromatic carbocycles. The maximum atomic E-state index is 11.3. The van der Waals surface area contributed by atoms with Crippen LogP contribution >= 0.6 is 0 Å². The molecule has 4 nitrogen and oxygen atoms in total. The van der Waals surface area contributed by atoms with Crippen LogP contribution in [-0.4, -0.2) is 49.1 Å². The topological polar surface area (TPSA) is 38.8 Å². The third-order valence-corrected chi connectivity index (χ3v) is 3.87. The second kappa shape index (κ2) is 8.30. The van der Waals surface area contributed by atoms with Gasteiger partial charge in [0.15, 0.2) is 5.78 Å². The van der Waals surface area contributed by atoms with Crippen molar-refractivity contribution in [2.24, 2.45) is 0 Å². The van der Waals surface area contributed by atoms with Gasteiger partial charge in [-0.1, -0.05) is 12.1 Å². The summed E-state index contributed by atoms with van der Waals surface area (Å²) >= 11 is 0. The number of ketones is 1. The standard InChI is InChI=1S/C18H27NO3/c1-14-12-19(13-15(2)22-14)9-4-5-10-21-18-8-6-7-17(11-18)16(3)20/h6-8,11,14-15H,4-5,9-10,12-13H2,1-3H3. The Bertz CT molecular complexity index is 479. The molecule has 1 aromatic rings. The van der Waals surface area contributed by atoms with E-state index < -0.39 is 0 Å². The van der Waals surface area contributed by atoms with Crippen molar-refractivity contribution in [3.05, 3.63) is 29.8 Å². The van der Waals surface area contributed by atoms with Crippen molar-refractivity contribution >= 4 is 5.78 Å². The highest BCUT2D eigenvalue weighted by Gasteiger charge is 2.21. The number of benzene rings is 1. The van der Waals surface area contributed by atoms with Crippen molar-refractivity contribution in [3.63, 3.8) is 0 Å². The number of Topliss-reactive ketones (excluding diaryl/α,β-unsaturated/α-hetero) is 1. The molecule has 1 saturated heterocycles. The van der Waals surface area contributed by atoms with Gasteiger partial charge in [-0.05, 0) is 52.3 Å². The molecule has 1 fully saturated rings. The fourth-order valence-corrected chi connectivity index (χ4v) is 2.90. The van der Waals surface area contributed by atoms with Crippen LogP contribution in [-0.2, 0) is 4.74 Å². The fraction of sp³-hybridized carbons (Fsp3) is 0.611. The van der Waals surface area contributed by atoms with E-state index in [4.69, 9.17) is 9.47 Å². The molecule has 0 amide bonds. The number of nitrogens with zero attached hydrogens (tertiary/aromatic N) is 1. The van der Waals surface area contributed by atoms with Gasteiger partial charge in [0.2, 0.25) is 0 Å². The summed E-state index contributed by atoms with van der Waals surface area (Å²) in [6.07, 6.45) is 2.79.